The number of fused-ring (bicyclic) bond motifs is 3. The van der Waals surface area contributed by atoms with E-state index in [1.54, 1.807) is 0 Å². The minimum atomic E-state index is 1.07. The Morgan fingerprint density at radius 3 is 2.15 bits per heavy atom. The number of hydrogen-bond acceptors (Lipinski definition) is 2. The Bertz CT molecular complexity index is 1630. The van der Waals surface area contributed by atoms with Crippen LogP contribution >= 0.6 is 11.3 Å². The summed E-state index contributed by atoms with van der Waals surface area (Å²) >= 11 is 1.85. The van der Waals surface area contributed by atoms with Crippen molar-refractivity contribution >= 4 is 49.0 Å². The molecule has 0 aliphatic heterocycles. The van der Waals surface area contributed by atoms with Gasteiger partial charge in [0.15, 0.2) is 0 Å². The van der Waals surface area contributed by atoms with Crippen LogP contribution in [0.25, 0.3) is 48.5 Å². The molecule has 5 aromatic carbocycles. The maximum absolute atomic E-state index is 4.01. The lowest BCUT2D eigenvalue weighted by atomic mass is 9.99. The first-order valence-corrected chi connectivity index (χ1v) is 12.2. The summed E-state index contributed by atoms with van der Waals surface area (Å²) in [6, 6.07) is 40.8. The number of benzene rings is 5. The fourth-order valence-electron chi connectivity index (χ4n) is 4.54. The second kappa shape index (κ2) is 8.66. The average molecular weight is 454 g/mol. The average Bonchev–Trinajstić information content (AvgIpc) is 3.29. The highest BCUT2D eigenvalue weighted by Crippen LogP contribution is 2.41. The van der Waals surface area contributed by atoms with E-state index >= 15 is 0 Å². The van der Waals surface area contributed by atoms with Gasteiger partial charge in [-0.2, -0.15) is 0 Å². The predicted molar refractivity (Wildman–Crippen MR) is 150 cm³/mol. The molecule has 2 heteroatoms. The van der Waals surface area contributed by atoms with Gasteiger partial charge in [0, 0.05) is 21.2 Å². The molecule has 0 saturated carbocycles. The lowest BCUT2D eigenvalue weighted by molar-refractivity contribution is 1.55. The third kappa shape index (κ3) is 3.68. The van der Waals surface area contributed by atoms with Crippen LogP contribution in [-0.2, 0) is 0 Å². The Morgan fingerprint density at radius 1 is 0.618 bits per heavy atom. The molecule has 0 atom stereocenters. The largest absolute Gasteiger partial charge is 0.354 e. The van der Waals surface area contributed by atoms with E-state index in [1.165, 1.54) is 42.4 Å². The van der Waals surface area contributed by atoms with Gasteiger partial charge in [0.2, 0.25) is 0 Å². The molecule has 0 aliphatic rings. The summed E-state index contributed by atoms with van der Waals surface area (Å²) in [5, 5.41) is 6.28. The van der Waals surface area contributed by atoms with Crippen molar-refractivity contribution in [1.29, 1.82) is 0 Å². The van der Waals surface area contributed by atoms with E-state index in [0.717, 1.165) is 16.9 Å². The van der Waals surface area contributed by atoms with E-state index in [1.807, 2.05) is 23.5 Å². The third-order valence-corrected chi connectivity index (χ3v) is 7.44. The minimum Gasteiger partial charge on any atom is -0.354 e. The molecule has 1 nitrogen and oxygen atoms in total. The van der Waals surface area contributed by atoms with E-state index in [4.69, 9.17) is 0 Å². The molecule has 34 heavy (non-hydrogen) atoms. The molecule has 1 aromatic heterocycles. The lowest BCUT2D eigenvalue weighted by Gasteiger charge is -2.12. The van der Waals surface area contributed by atoms with E-state index < -0.39 is 0 Å². The van der Waals surface area contributed by atoms with E-state index in [9.17, 15) is 0 Å². The van der Waals surface area contributed by atoms with Crippen LogP contribution in [0.15, 0.2) is 122 Å². The molecular formula is C32H23NS. The first-order valence-electron chi connectivity index (χ1n) is 11.4. The summed E-state index contributed by atoms with van der Waals surface area (Å²) in [5.74, 6) is 0. The Labute approximate surface area is 203 Å². The molecule has 1 N–H and O–H groups in total. The van der Waals surface area contributed by atoms with Gasteiger partial charge in [-0.25, -0.2) is 0 Å². The van der Waals surface area contributed by atoms with Crippen LogP contribution in [0.2, 0.25) is 0 Å². The SMILES string of the molecule is C=Cc1ccc(Nc2cccc3c2sc2cc(-c4ccccc4)ccc23)cc1-c1ccccc1. The maximum atomic E-state index is 4.01. The Kier molecular flexibility index (Phi) is 5.21. The molecule has 0 spiro atoms. The molecule has 162 valence electrons. The zero-order valence-electron chi connectivity index (χ0n) is 18.7. The van der Waals surface area contributed by atoms with E-state index in [-0.39, 0.29) is 0 Å². The molecule has 0 fully saturated rings. The standard InChI is InChI=1S/C32H23NS/c1-2-22-16-18-26(21-29(22)24-12-7-4-8-13-24)33-30-15-9-14-28-27-19-17-25(20-31(27)34-32(28)30)23-10-5-3-6-11-23/h2-21,33H,1H2. The second-order valence-corrected chi connectivity index (χ2v) is 9.41. The zero-order chi connectivity index (χ0) is 22.9. The first-order chi connectivity index (χ1) is 16.8. The quantitative estimate of drug-likeness (QED) is 0.274. The van der Waals surface area contributed by atoms with Crippen molar-refractivity contribution in [3.05, 3.63) is 127 Å². The summed E-state index contributed by atoms with van der Waals surface area (Å²) in [4.78, 5) is 0. The van der Waals surface area contributed by atoms with E-state index in [0.29, 0.717) is 0 Å². The molecule has 6 rings (SSSR count). The fraction of sp³-hybridized carbons (Fsp3) is 0. The van der Waals surface area contributed by atoms with Gasteiger partial charge in [-0.1, -0.05) is 104 Å². The molecule has 0 bridgehead atoms. The summed E-state index contributed by atoms with van der Waals surface area (Å²) in [6.45, 7) is 4.01. The minimum absolute atomic E-state index is 1.07. The smallest absolute Gasteiger partial charge is 0.0590 e. The van der Waals surface area contributed by atoms with Crippen LogP contribution in [0.3, 0.4) is 0 Å². The summed E-state index contributed by atoms with van der Waals surface area (Å²) in [6.07, 6.45) is 1.92. The van der Waals surface area contributed by atoms with Crippen molar-refractivity contribution in [3.63, 3.8) is 0 Å². The lowest BCUT2D eigenvalue weighted by Crippen LogP contribution is -1.92. The molecule has 0 aliphatic carbocycles. The van der Waals surface area contributed by atoms with Crippen molar-refractivity contribution in [2.45, 2.75) is 0 Å². The van der Waals surface area contributed by atoms with Gasteiger partial charge in [0.25, 0.3) is 0 Å². The number of rotatable bonds is 5. The van der Waals surface area contributed by atoms with Gasteiger partial charge in [0.1, 0.15) is 0 Å². The van der Waals surface area contributed by atoms with Gasteiger partial charge < -0.3 is 5.32 Å². The Morgan fingerprint density at radius 2 is 1.38 bits per heavy atom. The number of nitrogens with one attached hydrogen (secondary N) is 1. The van der Waals surface area contributed by atoms with Gasteiger partial charge in [-0.05, 0) is 52.1 Å². The van der Waals surface area contributed by atoms with Crippen molar-refractivity contribution in [2.75, 3.05) is 5.32 Å². The number of anilines is 2. The highest BCUT2D eigenvalue weighted by Gasteiger charge is 2.11. The highest BCUT2D eigenvalue weighted by atomic mass is 32.1. The molecule has 0 unspecified atom stereocenters. The topological polar surface area (TPSA) is 12.0 Å². The normalized spacial score (nSPS) is 11.1. The van der Waals surface area contributed by atoms with Crippen LogP contribution in [0.1, 0.15) is 5.56 Å². The highest BCUT2D eigenvalue weighted by molar-refractivity contribution is 7.26. The van der Waals surface area contributed by atoms with Crippen molar-refractivity contribution in [2.24, 2.45) is 0 Å². The molecule has 0 radical (unpaired) electrons. The Hall–Kier alpha value is -4.14. The molecule has 6 aromatic rings. The number of hydrogen-bond donors (Lipinski definition) is 1. The molecular weight excluding hydrogens is 430 g/mol. The first kappa shape index (κ1) is 20.5. The molecule has 0 saturated heterocycles. The van der Waals surface area contributed by atoms with Gasteiger partial charge in [-0.3, -0.25) is 0 Å². The Balaban J connectivity index is 1.42. The van der Waals surface area contributed by atoms with Crippen molar-refractivity contribution in [1.82, 2.24) is 0 Å². The maximum Gasteiger partial charge on any atom is 0.0590 e. The van der Waals surface area contributed by atoms with Crippen LogP contribution in [0.5, 0.6) is 0 Å². The van der Waals surface area contributed by atoms with Crippen LogP contribution in [0, 0.1) is 0 Å². The predicted octanol–water partition coefficient (Wildman–Crippen LogP) is 9.78. The van der Waals surface area contributed by atoms with Crippen LogP contribution in [-0.4, -0.2) is 0 Å². The molecule has 0 amide bonds. The molecule has 1 heterocycles. The monoisotopic (exact) mass is 453 g/mol. The van der Waals surface area contributed by atoms with Crippen LogP contribution < -0.4 is 5.32 Å². The van der Waals surface area contributed by atoms with Gasteiger partial charge >= 0.3 is 0 Å². The van der Waals surface area contributed by atoms with Crippen LogP contribution in [0.4, 0.5) is 11.4 Å². The third-order valence-electron chi connectivity index (χ3n) is 6.24. The van der Waals surface area contributed by atoms with Crippen molar-refractivity contribution < 1.29 is 0 Å². The second-order valence-electron chi connectivity index (χ2n) is 8.36. The van der Waals surface area contributed by atoms with E-state index in [2.05, 4.69) is 121 Å². The van der Waals surface area contributed by atoms with Crippen molar-refractivity contribution in [3.8, 4) is 22.3 Å². The van der Waals surface area contributed by atoms with Gasteiger partial charge in [0.05, 0.1) is 10.4 Å². The fourth-order valence-corrected chi connectivity index (χ4v) is 5.75. The number of thiophene rings is 1. The summed E-state index contributed by atoms with van der Waals surface area (Å²) in [7, 11) is 0. The summed E-state index contributed by atoms with van der Waals surface area (Å²) < 4.78 is 2.58. The van der Waals surface area contributed by atoms with Gasteiger partial charge in [-0.15, -0.1) is 11.3 Å². The summed E-state index contributed by atoms with van der Waals surface area (Å²) in [5.41, 5.74) is 8.19. The zero-order valence-corrected chi connectivity index (χ0v) is 19.5.